The highest BCUT2D eigenvalue weighted by atomic mass is 35.5. The second-order valence-electron chi connectivity index (χ2n) is 6.02. The van der Waals surface area contributed by atoms with Crippen LogP contribution >= 0.6 is 11.6 Å². The van der Waals surface area contributed by atoms with Crippen LogP contribution in [0.3, 0.4) is 0 Å². The number of hydrogen-bond donors (Lipinski definition) is 2. The van der Waals surface area contributed by atoms with Gasteiger partial charge in [-0.05, 0) is 36.2 Å². The Morgan fingerprint density at radius 1 is 1.12 bits per heavy atom. The van der Waals surface area contributed by atoms with Crippen LogP contribution in [-0.4, -0.2) is 31.1 Å². The van der Waals surface area contributed by atoms with Crippen LogP contribution < -0.4 is 15.5 Å². The molecule has 1 saturated heterocycles. The van der Waals surface area contributed by atoms with E-state index in [0.717, 1.165) is 12.1 Å². The largest absolute Gasteiger partial charge is 0.338 e. The number of benzene rings is 2. The first-order valence-corrected chi connectivity index (χ1v) is 8.64. The van der Waals surface area contributed by atoms with Gasteiger partial charge in [-0.15, -0.1) is 0 Å². The first kappa shape index (κ1) is 17.3. The highest BCUT2D eigenvalue weighted by Gasteiger charge is 2.31. The van der Waals surface area contributed by atoms with E-state index in [1.807, 2.05) is 42.5 Å². The van der Waals surface area contributed by atoms with Crippen molar-refractivity contribution in [2.75, 3.05) is 18.0 Å². The second-order valence-corrected chi connectivity index (χ2v) is 6.45. The zero-order chi connectivity index (χ0) is 17.6. The van der Waals surface area contributed by atoms with Crippen molar-refractivity contribution in [1.82, 2.24) is 10.6 Å². The van der Waals surface area contributed by atoms with Gasteiger partial charge < -0.3 is 15.5 Å². The zero-order valence-electron chi connectivity index (χ0n) is 13.7. The predicted molar refractivity (Wildman–Crippen MR) is 98.9 cm³/mol. The van der Waals surface area contributed by atoms with Crippen LogP contribution in [0.4, 0.5) is 10.5 Å². The van der Waals surface area contributed by atoms with Crippen molar-refractivity contribution in [1.29, 1.82) is 0 Å². The fourth-order valence-electron chi connectivity index (χ4n) is 2.88. The summed E-state index contributed by atoms with van der Waals surface area (Å²) in [6.07, 6.45) is 1.07. The second kappa shape index (κ2) is 8.03. The van der Waals surface area contributed by atoms with Gasteiger partial charge in [0.1, 0.15) is 0 Å². The number of anilines is 1. The van der Waals surface area contributed by atoms with Crippen molar-refractivity contribution in [3.63, 3.8) is 0 Å². The van der Waals surface area contributed by atoms with Crippen molar-refractivity contribution in [3.8, 4) is 0 Å². The Labute approximate surface area is 152 Å². The molecule has 0 spiro atoms. The SMILES string of the molecule is O=C(NCCc1ccccc1)N[C@@H]1CC(=O)N(c2ccc(Cl)cc2)C1. The summed E-state index contributed by atoms with van der Waals surface area (Å²) in [5, 5.41) is 6.33. The molecule has 0 aromatic heterocycles. The van der Waals surface area contributed by atoms with Crippen molar-refractivity contribution >= 4 is 29.2 Å². The molecule has 130 valence electrons. The Bertz CT molecular complexity index is 734. The van der Waals surface area contributed by atoms with Crippen LogP contribution in [-0.2, 0) is 11.2 Å². The highest BCUT2D eigenvalue weighted by molar-refractivity contribution is 6.30. The van der Waals surface area contributed by atoms with Crippen LogP contribution in [0.2, 0.25) is 5.02 Å². The summed E-state index contributed by atoms with van der Waals surface area (Å²) in [4.78, 5) is 25.9. The van der Waals surface area contributed by atoms with Gasteiger partial charge in [-0.3, -0.25) is 4.79 Å². The van der Waals surface area contributed by atoms with Gasteiger partial charge in [0.15, 0.2) is 0 Å². The smallest absolute Gasteiger partial charge is 0.315 e. The molecule has 6 heteroatoms. The average molecular weight is 358 g/mol. The average Bonchev–Trinajstić information content (AvgIpc) is 2.96. The third-order valence-electron chi connectivity index (χ3n) is 4.14. The summed E-state index contributed by atoms with van der Waals surface area (Å²) < 4.78 is 0. The van der Waals surface area contributed by atoms with Crippen LogP contribution in [0.25, 0.3) is 0 Å². The van der Waals surface area contributed by atoms with Gasteiger partial charge in [0.2, 0.25) is 5.91 Å². The Kier molecular flexibility index (Phi) is 5.56. The molecule has 25 heavy (non-hydrogen) atoms. The summed E-state index contributed by atoms with van der Waals surface area (Å²) in [6, 6.07) is 16.7. The topological polar surface area (TPSA) is 61.4 Å². The lowest BCUT2D eigenvalue weighted by atomic mass is 10.1. The number of urea groups is 1. The van der Waals surface area contributed by atoms with Gasteiger partial charge in [-0.1, -0.05) is 41.9 Å². The number of rotatable bonds is 5. The molecule has 0 saturated carbocycles. The maximum Gasteiger partial charge on any atom is 0.315 e. The normalized spacial score (nSPS) is 16.8. The molecule has 2 aromatic carbocycles. The molecule has 1 heterocycles. The number of carbonyl (C=O) groups excluding carboxylic acids is 2. The lowest BCUT2D eigenvalue weighted by molar-refractivity contribution is -0.117. The van der Waals surface area contributed by atoms with Gasteiger partial charge in [-0.2, -0.15) is 0 Å². The standard InChI is InChI=1S/C19H20ClN3O2/c20-15-6-8-17(9-7-15)23-13-16(12-18(23)24)22-19(25)21-11-10-14-4-2-1-3-5-14/h1-9,16H,10-13H2,(H2,21,22,25)/t16-/m1/s1. The van der Waals surface area contributed by atoms with Crippen LogP contribution in [0, 0.1) is 0 Å². The van der Waals surface area contributed by atoms with Gasteiger partial charge in [0, 0.05) is 30.2 Å². The molecule has 1 aliphatic rings. The number of hydrogen-bond acceptors (Lipinski definition) is 2. The van der Waals surface area contributed by atoms with Crippen molar-refractivity contribution in [3.05, 3.63) is 65.2 Å². The molecule has 2 aromatic rings. The van der Waals surface area contributed by atoms with E-state index < -0.39 is 0 Å². The maximum absolute atomic E-state index is 12.2. The van der Waals surface area contributed by atoms with E-state index >= 15 is 0 Å². The summed E-state index contributed by atoms with van der Waals surface area (Å²) in [5.74, 6) is -0.00286. The summed E-state index contributed by atoms with van der Waals surface area (Å²) in [5.41, 5.74) is 1.97. The Balaban J connectivity index is 1.46. The number of nitrogens with one attached hydrogen (secondary N) is 2. The van der Waals surface area contributed by atoms with Gasteiger partial charge >= 0.3 is 6.03 Å². The first-order valence-electron chi connectivity index (χ1n) is 8.26. The number of amides is 3. The van der Waals surface area contributed by atoms with E-state index in [0.29, 0.717) is 24.5 Å². The molecule has 5 nitrogen and oxygen atoms in total. The molecule has 1 fully saturated rings. The van der Waals surface area contributed by atoms with Gasteiger partial charge in [0.25, 0.3) is 0 Å². The minimum Gasteiger partial charge on any atom is -0.338 e. The fraction of sp³-hybridized carbons (Fsp3) is 0.263. The minimum atomic E-state index is -0.244. The van der Waals surface area contributed by atoms with Crippen LogP contribution in [0.5, 0.6) is 0 Å². The van der Waals surface area contributed by atoms with E-state index in [4.69, 9.17) is 11.6 Å². The fourth-order valence-corrected chi connectivity index (χ4v) is 3.00. The van der Waals surface area contributed by atoms with Crippen LogP contribution in [0.1, 0.15) is 12.0 Å². The number of halogens is 1. The molecule has 0 radical (unpaired) electrons. The van der Waals surface area contributed by atoms with Crippen LogP contribution in [0.15, 0.2) is 54.6 Å². The van der Waals surface area contributed by atoms with E-state index in [2.05, 4.69) is 10.6 Å². The van der Waals surface area contributed by atoms with E-state index in [-0.39, 0.29) is 18.0 Å². The zero-order valence-corrected chi connectivity index (χ0v) is 14.5. The first-order chi connectivity index (χ1) is 12.1. The summed E-state index contributed by atoms with van der Waals surface area (Å²) in [6.45, 7) is 1.02. The summed E-state index contributed by atoms with van der Waals surface area (Å²) in [7, 11) is 0. The monoisotopic (exact) mass is 357 g/mol. The highest BCUT2D eigenvalue weighted by Crippen LogP contribution is 2.23. The molecule has 0 aliphatic carbocycles. The van der Waals surface area contributed by atoms with Gasteiger partial charge in [-0.25, -0.2) is 4.79 Å². The third-order valence-corrected chi connectivity index (χ3v) is 4.39. The lowest BCUT2D eigenvalue weighted by Crippen LogP contribution is -2.43. The predicted octanol–water partition coefficient (Wildman–Crippen LogP) is 2.99. The van der Waals surface area contributed by atoms with E-state index in [1.165, 1.54) is 5.56 Å². The van der Waals surface area contributed by atoms with Gasteiger partial charge in [0.05, 0.1) is 6.04 Å². The third kappa shape index (κ3) is 4.73. The molecule has 3 rings (SSSR count). The van der Waals surface area contributed by atoms with E-state index in [9.17, 15) is 9.59 Å². The maximum atomic E-state index is 12.2. The molecular formula is C19H20ClN3O2. The lowest BCUT2D eigenvalue weighted by Gasteiger charge is -2.17. The summed E-state index contributed by atoms with van der Waals surface area (Å²) >= 11 is 5.88. The quantitative estimate of drug-likeness (QED) is 0.864. The molecular weight excluding hydrogens is 338 g/mol. The molecule has 1 atom stereocenters. The molecule has 1 aliphatic heterocycles. The molecule has 0 bridgehead atoms. The Hall–Kier alpha value is -2.53. The number of nitrogens with zero attached hydrogens (tertiary/aromatic N) is 1. The molecule has 2 N–H and O–H groups in total. The molecule has 0 unspecified atom stereocenters. The van der Waals surface area contributed by atoms with Crippen molar-refractivity contribution < 1.29 is 9.59 Å². The minimum absolute atomic E-state index is 0.00286. The molecule has 3 amide bonds. The van der Waals surface area contributed by atoms with Crippen molar-refractivity contribution in [2.45, 2.75) is 18.9 Å². The number of carbonyl (C=O) groups is 2. The van der Waals surface area contributed by atoms with Crippen molar-refractivity contribution in [2.24, 2.45) is 0 Å². The Morgan fingerprint density at radius 3 is 2.56 bits per heavy atom. The Morgan fingerprint density at radius 2 is 1.84 bits per heavy atom. The van der Waals surface area contributed by atoms with E-state index in [1.54, 1.807) is 17.0 Å².